The van der Waals surface area contributed by atoms with Crippen LogP contribution in [0.4, 0.5) is 0 Å². The molecule has 0 spiro atoms. The lowest BCUT2D eigenvalue weighted by Crippen LogP contribution is -2.35. The van der Waals surface area contributed by atoms with Crippen molar-refractivity contribution < 1.29 is 4.79 Å². The molecule has 1 aliphatic carbocycles. The van der Waals surface area contributed by atoms with Crippen molar-refractivity contribution in [2.45, 2.75) is 12.8 Å². The van der Waals surface area contributed by atoms with Gasteiger partial charge in [-0.2, -0.15) is 0 Å². The summed E-state index contributed by atoms with van der Waals surface area (Å²) >= 11 is 5.49. The van der Waals surface area contributed by atoms with Crippen LogP contribution in [0.15, 0.2) is 11.6 Å². The number of rotatable bonds is 6. The van der Waals surface area contributed by atoms with Crippen LogP contribution in [-0.2, 0) is 4.79 Å². The van der Waals surface area contributed by atoms with Crippen molar-refractivity contribution in [1.82, 2.24) is 10.6 Å². The van der Waals surface area contributed by atoms with E-state index in [0.29, 0.717) is 18.1 Å². The lowest BCUT2D eigenvalue weighted by atomic mass is 10.4. The Bertz CT molecular complexity index is 202. The molecule has 1 amide bonds. The Morgan fingerprint density at radius 1 is 1.46 bits per heavy atom. The molecule has 0 aliphatic heterocycles. The molecule has 0 radical (unpaired) electrons. The van der Waals surface area contributed by atoms with Gasteiger partial charge in [0.2, 0.25) is 5.91 Å². The molecule has 0 bridgehead atoms. The standard InChI is InChI=1S/C9H15ClN2O/c1-7(10)4-12-9(13)6-11-5-8-2-3-8/h8,11H,1-6H2,(H,12,13). The van der Waals surface area contributed by atoms with Crippen LogP contribution in [-0.4, -0.2) is 25.5 Å². The molecule has 0 aromatic carbocycles. The molecule has 0 aromatic rings. The summed E-state index contributed by atoms with van der Waals surface area (Å²) in [4.78, 5) is 11.1. The highest BCUT2D eigenvalue weighted by Crippen LogP contribution is 2.27. The van der Waals surface area contributed by atoms with E-state index in [1.165, 1.54) is 12.8 Å². The van der Waals surface area contributed by atoms with Gasteiger partial charge in [0.1, 0.15) is 0 Å². The maximum Gasteiger partial charge on any atom is 0.234 e. The predicted octanol–water partition coefficient (Wildman–Crippen LogP) is 0.855. The molecule has 0 saturated heterocycles. The SMILES string of the molecule is C=C(Cl)CNC(=O)CNCC1CC1. The van der Waals surface area contributed by atoms with Crippen LogP contribution in [0.2, 0.25) is 0 Å². The first-order valence-corrected chi connectivity index (χ1v) is 4.87. The molecular formula is C9H15ClN2O. The predicted molar refractivity (Wildman–Crippen MR) is 53.6 cm³/mol. The van der Waals surface area contributed by atoms with Crippen LogP contribution in [0.1, 0.15) is 12.8 Å². The maximum atomic E-state index is 11.1. The Labute approximate surface area is 83.5 Å². The van der Waals surface area contributed by atoms with Crippen LogP contribution in [0.25, 0.3) is 0 Å². The molecule has 3 nitrogen and oxygen atoms in total. The van der Waals surface area contributed by atoms with E-state index in [4.69, 9.17) is 11.6 Å². The smallest absolute Gasteiger partial charge is 0.234 e. The number of hydrogen-bond acceptors (Lipinski definition) is 2. The second-order valence-corrected chi connectivity index (χ2v) is 3.90. The van der Waals surface area contributed by atoms with Gasteiger partial charge in [-0.1, -0.05) is 18.2 Å². The molecule has 13 heavy (non-hydrogen) atoms. The van der Waals surface area contributed by atoms with Crippen molar-refractivity contribution in [3.63, 3.8) is 0 Å². The molecule has 74 valence electrons. The van der Waals surface area contributed by atoms with Crippen molar-refractivity contribution >= 4 is 17.5 Å². The van der Waals surface area contributed by atoms with Gasteiger partial charge in [0.15, 0.2) is 0 Å². The zero-order valence-electron chi connectivity index (χ0n) is 7.61. The Balaban J connectivity index is 1.93. The van der Waals surface area contributed by atoms with Crippen molar-refractivity contribution in [2.75, 3.05) is 19.6 Å². The van der Waals surface area contributed by atoms with Crippen LogP contribution >= 0.6 is 11.6 Å². The number of halogens is 1. The first-order valence-electron chi connectivity index (χ1n) is 4.49. The second-order valence-electron chi connectivity index (χ2n) is 3.37. The lowest BCUT2D eigenvalue weighted by Gasteiger charge is -2.04. The summed E-state index contributed by atoms with van der Waals surface area (Å²) in [6.45, 7) is 5.16. The fraction of sp³-hybridized carbons (Fsp3) is 0.667. The Kier molecular flexibility index (Phi) is 4.25. The highest BCUT2D eigenvalue weighted by molar-refractivity contribution is 6.29. The number of carbonyl (C=O) groups excluding carboxylic acids is 1. The molecule has 1 saturated carbocycles. The number of amides is 1. The van der Waals surface area contributed by atoms with Gasteiger partial charge in [0.25, 0.3) is 0 Å². The van der Waals surface area contributed by atoms with Crippen molar-refractivity contribution in [1.29, 1.82) is 0 Å². The van der Waals surface area contributed by atoms with Gasteiger partial charge in [0.05, 0.1) is 13.1 Å². The Morgan fingerprint density at radius 2 is 2.15 bits per heavy atom. The Morgan fingerprint density at radius 3 is 2.69 bits per heavy atom. The molecule has 0 unspecified atom stereocenters. The molecule has 0 atom stereocenters. The summed E-state index contributed by atoms with van der Waals surface area (Å²) in [7, 11) is 0. The minimum Gasteiger partial charge on any atom is -0.350 e. The van der Waals surface area contributed by atoms with E-state index < -0.39 is 0 Å². The van der Waals surface area contributed by atoms with Gasteiger partial charge in [0, 0.05) is 5.03 Å². The molecule has 4 heteroatoms. The van der Waals surface area contributed by atoms with E-state index in [-0.39, 0.29) is 5.91 Å². The highest BCUT2D eigenvalue weighted by Gasteiger charge is 2.20. The van der Waals surface area contributed by atoms with E-state index in [0.717, 1.165) is 12.5 Å². The summed E-state index contributed by atoms with van der Waals surface area (Å²) in [6.07, 6.45) is 2.60. The van der Waals surface area contributed by atoms with Crippen molar-refractivity contribution in [3.8, 4) is 0 Å². The number of hydrogen-bond donors (Lipinski definition) is 2. The van der Waals surface area contributed by atoms with Crippen molar-refractivity contribution in [3.05, 3.63) is 11.6 Å². The second kappa shape index (κ2) is 5.25. The molecule has 1 fully saturated rings. The first kappa shape index (κ1) is 10.5. The summed E-state index contributed by atoms with van der Waals surface area (Å²) in [5.74, 6) is 0.776. The molecule has 1 aliphatic rings. The van der Waals surface area contributed by atoms with Gasteiger partial charge < -0.3 is 10.6 Å². The summed E-state index contributed by atoms with van der Waals surface area (Å²) < 4.78 is 0. The van der Waals surface area contributed by atoms with E-state index in [1.54, 1.807) is 0 Å². The van der Waals surface area contributed by atoms with Crippen LogP contribution in [0.5, 0.6) is 0 Å². The minimum atomic E-state index is -0.0255. The van der Waals surface area contributed by atoms with E-state index in [2.05, 4.69) is 17.2 Å². The molecule has 0 aromatic heterocycles. The topological polar surface area (TPSA) is 41.1 Å². The zero-order valence-corrected chi connectivity index (χ0v) is 8.36. The van der Waals surface area contributed by atoms with Crippen LogP contribution in [0, 0.1) is 5.92 Å². The first-order chi connectivity index (χ1) is 6.18. The zero-order chi connectivity index (χ0) is 9.68. The molecular weight excluding hydrogens is 188 g/mol. The van der Waals surface area contributed by atoms with Gasteiger partial charge in [-0.3, -0.25) is 4.79 Å². The Hall–Kier alpha value is -0.540. The quantitative estimate of drug-likeness (QED) is 0.671. The molecule has 0 heterocycles. The average molecular weight is 203 g/mol. The normalized spacial score (nSPS) is 15.5. The molecule has 2 N–H and O–H groups in total. The fourth-order valence-corrected chi connectivity index (χ4v) is 1.04. The largest absolute Gasteiger partial charge is 0.350 e. The van der Waals surface area contributed by atoms with E-state index >= 15 is 0 Å². The van der Waals surface area contributed by atoms with Gasteiger partial charge in [-0.25, -0.2) is 0 Å². The number of carbonyl (C=O) groups is 1. The van der Waals surface area contributed by atoms with Crippen LogP contribution < -0.4 is 10.6 Å². The van der Waals surface area contributed by atoms with Crippen LogP contribution in [0.3, 0.4) is 0 Å². The monoisotopic (exact) mass is 202 g/mol. The van der Waals surface area contributed by atoms with Crippen molar-refractivity contribution in [2.24, 2.45) is 5.92 Å². The third-order valence-corrected chi connectivity index (χ3v) is 2.03. The third-order valence-electron chi connectivity index (χ3n) is 1.89. The summed E-state index contributed by atoms with van der Waals surface area (Å²) in [5, 5.41) is 6.18. The van der Waals surface area contributed by atoms with E-state index in [9.17, 15) is 4.79 Å². The van der Waals surface area contributed by atoms with Gasteiger partial charge in [-0.05, 0) is 25.3 Å². The molecule has 1 rings (SSSR count). The summed E-state index contributed by atoms with van der Waals surface area (Å²) in [6, 6.07) is 0. The lowest BCUT2D eigenvalue weighted by molar-refractivity contribution is -0.120. The van der Waals surface area contributed by atoms with Gasteiger partial charge in [-0.15, -0.1) is 0 Å². The maximum absolute atomic E-state index is 11.1. The highest BCUT2D eigenvalue weighted by atomic mass is 35.5. The fourth-order valence-electron chi connectivity index (χ4n) is 0.969. The third kappa shape index (κ3) is 5.66. The van der Waals surface area contributed by atoms with Gasteiger partial charge >= 0.3 is 0 Å². The van der Waals surface area contributed by atoms with E-state index in [1.807, 2.05) is 0 Å². The minimum absolute atomic E-state index is 0.0255. The number of nitrogens with one attached hydrogen (secondary N) is 2. The average Bonchev–Trinajstić information content (AvgIpc) is 2.84. The summed E-state index contributed by atoms with van der Waals surface area (Å²) in [5.41, 5.74) is 0.